The second kappa shape index (κ2) is 8.56. The molecule has 2 N–H and O–H groups in total. The Bertz CT molecular complexity index is 568. The standard InChI is InChI=1S/C17H26N2O3/c1-5-8-18(9-6-2)11-15-17(22)16(21)10-14(12-20)19(15)13(4)7-3/h5-6,10,13,20,22H,1-2,7-9,11-12H2,3-4H3. The lowest BCUT2D eigenvalue weighted by Gasteiger charge is -2.27. The lowest BCUT2D eigenvalue weighted by Crippen LogP contribution is -2.29. The van der Waals surface area contributed by atoms with E-state index in [1.54, 1.807) is 12.2 Å². The first-order valence-electron chi connectivity index (χ1n) is 7.51. The van der Waals surface area contributed by atoms with Crippen molar-refractivity contribution >= 4 is 0 Å². The summed E-state index contributed by atoms with van der Waals surface area (Å²) in [6, 6.07) is 1.37. The third-order valence-corrected chi connectivity index (χ3v) is 3.75. The van der Waals surface area contributed by atoms with E-state index < -0.39 is 5.43 Å². The van der Waals surface area contributed by atoms with Gasteiger partial charge in [0.2, 0.25) is 5.43 Å². The van der Waals surface area contributed by atoms with Gasteiger partial charge in [-0.05, 0) is 13.3 Å². The average Bonchev–Trinajstić information content (AvgIpc) is 2.51. The van der Waals surface area contributed by atoms with Crippen LogP contribution in [0.3, 0.4) is 0 Å². The Labute approximate surface area is 131 Å². The Morgan fingerprint density at radius 3 is 2.41 bits per heavy atom. The smallest absolute Gasteiger partial charge is 0.223 e. The van der Waals surface area contributed by atoms with Crippen molar-refractivity contribution in [2.75, 3.05) is 13.1 Å². The summed E-state index contributed by atoms with van der Waals surface area (Å²) >= 11 is 0. The Kier molecular flexibility index (Phi) is 7.08. The molecule has 1 heterocycles. The summed E-state index contributed by atoms with van der Waals surface area (Å²) < 4.78 is 1.86. The van der Waals surface area contributed by atoms with Crippen LogP contribution in [-0.4, -0.2) is 32.8 Å². The van der Waals surface area contributed by atoms with Gasteiger partial charge in [-0.1, -0.05) is 19.1 Å². The van der Waals surface area contributed by atoms with E-state index in [2.05, 4.69) is 13.2 Å². The molecule has 0 aromatic carbocycles. The van der Waals surface area contributed by atoms with Crippen LogP contribution in [0, 0.1) is 0 Å². The molecule has 1 aromatic rings. The molecule has 1 aromatic heterocycles. The minimum atomic E-state index is -0.462. The number of rotatable bonds is 9. The highest BCUT2D eigenvalue weighted by Gasteiger charge is 2.19. The summed E-state index contributed by atoms with van der Waals surface area (Å²) in [6.07, 6.45) is 4.36. The largest absolute Gasteiger partial charge is 0.503 e. The first-order chi connectivity index (χ1) is 10.5. The van der Waals surface area contributed by atoms with Gasteiger partial charge in [0.1, 0.15) is 0 Å². The molecule has 0 amide bonds. The predicted octanol–water partition coefficient (Wildman–Crippen LogP) is 2.19. The molecule has 5 heteroatoms. The van der Waals surface area contributed by atoms with Crippen molar-refractivity contribution in [2.45, 2.75) is 39.5 Å². The van der Waals surface area contributed by atoms with Crippen LogP contribution in [0.2, 0.25) is 0 Å². The van der Waals surface area contributed by atoms with E-state index in [0.717, 1.165) is 6.42 Å². The molecule has 1 atom stereocenters. The molecule has 0 fully saturated rings. The van der Waals surface area contributed by atoms with Crippen LogP contribution in [0.4, 0.5) is 0 Å². The number of aromatic nitrogens is 1. The fourth-order valence-corrected chi connectivity index (χ4v) is 2.50. The number of aromatic hydroxyl groups is 1. The zero-order chi connectivity index (χ0) is 16.7. The van der Waals surface area contributed by atoms with Gasteiger partial charge in [-0.2, -0.15) is 0 Å². The first kappa shape index (κ1) is 18.2. The number of pyridine rings is 1. The summed E-state index contributed by atoms with van der Waals surface area (Å²) in [4.78, 5) is 14.0. The van der Waals surface area contributed by atoms with Crippen molar-refractivity contribution in [2.24, 2.45) is 0 Å². The van der Waals surface area contributed by atoms with Gasteiger partial charge in [0.15, 0.2) is 5.75 Å². The summed E-state index contributed by atoms with van der Waals surface area (Å²) in [5, 5.41) is 19.8. The minimum Gasteiger partial charge on any atom is -0.503 e. The van der Waals surface area contributed by atoms with Gasteiger partial charge in [-0.15, -0.1) is 13.2 Å². The van der Waals surface area contributed by atoms with Gasteiger partial charge in [-0.3, -0.25) is 9.69 Å². The first-order valence-corrected chi connectivity index (χ1v) is 7.51. The molecular formula is C17H26N2O3. The quantitative estimate of drug-likeness (QED) is 0.686. The van der Waals surface area contributed by atoms with Gasteiger partial charge < -0.3 is 14.8 Å². The van der Waals surface area contributed by atoms with Crippen molar-refractivity contribution in [1.82, 2.24) is 9.47 Å². The molecule has 0 radical (unpaired) electrons. The zero-order valence-electron chi connectivity index (χ0n) is 13.5. The summed E-state index contributed by atoms with van der Waals surface area (Å²) in [5.41, 5.74) is 0.578. The van der Waals surface area contributed by atoms with Gasteiger partial charge in [0.05, 0.1) is 12.3 Å². The third-order valence-electron chi connectivity index (χ3n) is 3.75. The van der Waals surface area contributed by atoms with Crippen LogP contribution in [0.15, 0.2) is 36.2 Å². The molecule has 0 aliphatic heterocycles. The van der Waals surface area contributed by atoms with Crippen molar-refractivity contribution in [3.63, 3.8) is 0 Å². The normalized spacial score (nSPS) is 12.4. The molecule has 0 aliphatic rings. The summed E-state index contributed by atoms with van der Waals surface area (Å²) in [6.45, 7) is 12.8. The summed E-state index contributed by atoms with van der Waals surface area (Å²) in [7, 11) is 0. The van der Waals surface area contributed by atoms with E-state index in [0.29, 0.717) is 31.0 Å². The molecule has 122 valence electrons. The molecular weight excluding hydrogens is 280 g/mol. The number of hydrogen-bond donors (Lipinski definition) is 2. The molecule has 0 aliphatic carbocycles. The second-order valence-electron chi connectivity index (χ2n) is 5.35. The van der Waals surface area contributed by atoms with Crippen molar-refractivity contribution in [3.8, 4) is 5.75 Å². The number of nitrogens with zero attached hydrogens (tertiary/aromatic N) is 2. The SMILES string of the molecule is C=CCN(CC=C)Cc1c(O)c(=O)cc(CO)n1C(C)CC. The fraction of sp³-hybridized carbons (Fsp3) is 0.471. The van der Waals surface area contributed by atoms with Crippen molar-refractivity contribution in [3.05, 3.63) is 53.0 Å². The van der Waals surface area contributed by atoms with Crippen LogP contribution in [0.1, 0.15) is 37.7 Å². The van der Waals surface area contributed by atoms with E-state index in [1.807, 2.05) is 23.3 Å². The number of aliphatic hydroxyl groups excluding tert-OH is 1. The summed E-state index contributed by atoms with van der Waals surface area (Å²) in [5.74, 6) is -0.254. The molecule has 1 unspecified atom stereocenters. The molecule has 0 spiro atoms. The minimum absolute atomic E-state index is 0.0676. The maximum atomic E-state index is 11.9. The molecule has 0 saturated heterocycles. The van der Waals surface area contributed by atoms with E-state index >= 15 is 0 Å². The van der Waals surface area contributed by atoms with Gasteiger partial charge in [0.25, 0.3) is 0 Å². The molecule has 0 bridgehead atoms. The predicted molar refractivity (Wildman–Crippen MR) is 89.0 cm³/mol. The molecule has 0 saturated carbocycles. The Morgan fingerprint density at radius 1 is 1.36 bits per heavy atom. The highest BCUT2D eigenvalue weighted by Crippen LogP contribution is 2.23. The van der Waals surface area contributed by atoms with Crippen LogP contribution in [0.5, 0.6) is 5.75 Å². The highest BCUT2D eigenvalue weighted by molar-refractivity contribution is 5.30. The zero-order valence-corrected chi connectivity index (χ0v) is 13.5. The maximum absolute atomic E-state index is 11.9. The van der Waals surface area contributed by atoms with Crippen LogP contribution in [-0.2, 0) is 13.2 Å². The molecule has 22 heavy (non-hydrogen) atoms. The van der Waals surface area contributed by atoms with E-state index in [4.69, 9.17) is 0 Å². The van der Waals surface area contributed by atoms with E-state index in [-0.39, 0.29) is 18.4 Å². The maximum Gasteiger partial charge on any atom is 0.223 e. The Balaban J connectivity index is 3.41. The second-order valence-corrected chi connectivity index (χ2v) is 5.35. The Morgan fingerprint density at radius 2 is 1.95 bits per heavy atom. The van der Waals surface area contributed by atoms with Crippen molar-refractivity contribution < 1.29 is 10.2 Å². The third kappa shape index (κ3) is 4.08. The van der Waals surface area contributed by atoms with E-state index in [1.165, 1.54) is 6.07 Å². The fourth-order valence-electron chi connectivity index (χ4n) is 2.50. The number of aliphatic hydroxyl groups is 1. The van der Waals surface area contributed by atoms with Crippen LogP contribution in [0.25, 0.3) is 0 Å². The Hall–Kier alpha value is -1.85. The van der Waals surface area contributed by atoms with Gasteiger partial charge in [-0.25, -0.2) is 0 Å². The lowest BCUT2D eigenvalue weighted by atomic mass is 10.1. The van der Waals surface area contributed by atoms with E-state index in [9.17, 15) is 15.0 Å². The van der Waals surface area contributed by atoms with Crippen molar-refractivity contribution in [1.29, 1.82) is 0 Å². The molecule has 5 nitrogen and oxygen atoms in total. The topological polar surface area (TPSA) is 65.7 Å². The lowest BCUT2D eigenvalue weighted by molar-refractivity contribution is 0.254. The van der Waals surface area contributed by atoms with Gasteiger partial charge >= 0.3 is 0 Å². The average molecular weight is 306 g/mol. The van der Waals surface area contributed by atoms with Gasteiger partial charge in [0, 0.05) is 37.4 Å². The monoisotopic (exact) mass is 306 g/mol. The number of hydrogen-bond acceptors (Lipinski definition) is 4. The molecule has 1 rings (SSSR count). The highest BCUT2D eigenvalue weighted by atomic mass is 16.3. The van der Waals surface area contributed by atoms with Crippen LogP contribution >= 0.6 is 0 Å². The van der Waals surface area contributed by atoms with Crippen LogP contribution < -0.4 is 5.43 Å².